The number of ether oxygens (including phenoxy) is 9. The minimum atomic E-state index is -0.633. The molecule has 0 aromatic rings. The Bertz CT molecular complexity index is 680. The quantitative estimate of drug-likeness (QED) is 0.117. The summed E-state index contributed by atoms with van der Waals surface area (Å²) in [6, 6.07) is 0. The number of hydrogen-bond acceptors (Lipinski definition) is 12. The second kappa shape index (κ2) is 17.3. The van der Waals surface area contributed by atoms with Crippen LogP contribution in [0.2, 0.25) is 0 Å². The maximum atomic E-state index is 11.0. The van der Waals surface area contributed by atoms with Crippen LogP contribution in [-0.2, 0) is 42.6 Å². The van der Waals surface area contributed by atoms with Gasteiger partial charge in [0.2, 0.25) is 0 Å². The van der Waals surface area contributed by atoms with Crippen molar-refractivity contribution < 1.29 is 57.0 Å². The molecule has 0 amide bonds. The average Bonchev–Trinajstić information content (AvgIpc) is 3.63. The van der Waals surface area contributed by atoms with Crippen molar-refractivity contribution in [3.8, 4) is 0 Å². The van der Waals surface area contributed by atoms with Crippen LogP contribution >= 0.6 is 0 Å². The summed E-state index contributed by atoms with van der Waals surface area (Å²) in [6.07, 6.45) is 5.31. The molecule has 4 atom stereocenters. The molecule has 218 valence electrons. The summed E-state index contributed by atoms with van der Waals surface area (Å²) in [4.78, 5) is 33.0. The highest BCUT2D eigenvalue weighted by Crippen LogP contribution is 2.27. The Morgan fingerprint density at radius 3 is 1.32 bits per heavy atom. The number of hydrogen-bond donors (Lipinski definition) is 0. The van der Waals surface area contributed by atoms with Crippen LogP contribution in [0.25, 0.3) is 0 Å². The summed E-state index contributed by atoms with van der Waals surface area (Å²) < 4.78 is 46.4. The van der Waals surface area contributed by atoms with Gasteiger partial charge in [-0.2, -0.15) is 0 Å². The predicted octanol–water partition coefficient (Wildman–Crippen LogP) is 4.02. The van der Waals surface area contributed by atoms with Gasteiger partial charge in [-0.1, -0.05) is 13.3 Å². The maximum absolute atomic E-state index is 11.0. The first-order chi connectivity index (χ1) is 18.5. The lowest BCUT2D eigenvalue weighted by Crippen LogP contribution is -2.19. The van der Waals surface area contributed by atoms with Crippen LogP contribution in [0.15, 0.2) is 0 Å². The molecule has 0 saturated carbocycles. The van der Waals surface area contributed by atoms with Gasteiger partial charge in [-0.15, -0.1) is 0 Å². The van der Waals surface area contributed by atoms with E-state index >= 15 is 0 Å². The van der Waals surface area contributed by atoms with Crippen molar-refractivity contribution >= 4 is 18.5 Å². The van der Waals surface area contributed by atoms with Gasteiger partial charge < -0.3 is 42.6 Å². The summed E-state index contributed by atoms with van der Waals surface area (Å²) in [7, 11) is 0. The van der Waals surface area contributed by atoms with Gasteiger partial charge in [-0.25, -0.2) is 14.4 Å². The monoisotopic (exact) mass is 546 g/mol. The van der Waals surface area contributed by atoms with Crippen molar-refractivity contribution in [1.29, 1.82) is 0 Å². The molecule has 3 aliphatic rings. The van der Waals surface area contributed by atoms with Gasteiger partial charge in [0.15, 0.2) is 18.3 Å². The molecule has 0 radical (unpaired) electrons. The fourth-order valence-electron chi connectivity index (χ4n) is 4.75. The van der Waals surface area contributed by atoms with E-state index in [2.05, 4.69) is 6.92 Å². The molecule has 0 aromatic heterocycles. The normalized spacial score (nSPS) is 24.2. The molecule has 3 saturated heterocycles. The van der Waals surface area contributed by atoms with E-state index in [1.165, 1.54) is 0 Å². The SMILES string of the molecule is CCC(CCCOCC1COC(=O)O1)CC(CCCOCC1COC(=O)O1)CCCOCC1COC(=O)O1. The van der Waals surface area contributed by atoms with Gasteiger partial charge >= 0.3 is 18.5 Å². The Hall–Kier alpha value is -2.31. The van der Waals surface area contributed by atoms with Gasteiger partial charge in [-0.3, -0.25) is 0 Å². The van der Waals surface area contributed by atoms with Crippen molar-refractivity contribution in [2.45, 2.75) is 76.6 Å². The number of cyclic esters (lactones) is 6. The van der Waals surface area contributed by atoms with Gasteiger partial charge in [-0.05, 0) is 56.8 Å². The van der Waals surface area contributed by atoms with Gasteiger partial charge in [0.1, 0.15) is 19.8 Å². The molecule has 0 bridgehead atoms. The molecule has 3 rings (SSSR count). The molecule has 0 spiro atoms. The van der Waals surface area contributed by atoms with Crippen LogP contribution < -0.4 is 0 Å². The Balaban J connectivity index is 1.31. The second-order valence-corrected chi connectivity index (χ2v) is 9.93. The highest BCUT2D eigenvalue weighted by Gasteiger charge is 2.26. The Kier molecular flexibility index (Phi) is 13.8. The van der Waals surface area contributed by atoms with E-state index in [1.54, 1.807) is 0 Å². The lowest BCUT2D eigenvalue weighted by molar-refractivity contribution is 0.0388. The van der Waals surface area contributed by atoms with Crippen molar-refractivity contribution in [3.63, 3.8) is 0 Å². The molecule has 3 fully saturated rings. The van der Waals surface area contributed by atoms with Crippen LogP contribution in [0.3, 0.4) is 0 Å². The largest absolute Gasteiger partial charge is 0.508 e. The molecule has 4 unspecified atom stereocenters. The molecule has 0 N–H and O–H groups in total. The first kappa shape index (κ1) is 30.2. The van der Waals surface area contributed by atoms with E-state index < -0.39 is 18.5 Å². The second-order valence-electron chi connectivity index (χ2n) is 9.93. The molecule has 12 heteroatoms. The van der Waals surface area contributed by atoms with E-state index in [-0.39, 0.29) is 38.1 Å². The highest BCUT2D eigenvalue weighted by atomic mass is 16.8. The first-order valence-corrected chi connectivity index (χ1v) is 13.7. The molecule has 0 aliphatic carbocycles. The first-order valence-electron chi connectivity index (χ1n) is 13.7. The molecular weight excluding hydrogens is 504 g/mol. The molecule has 0 aromatic carbocycles. The fraction of sp³-hybridized carbons (Fsp3) is 0.885. The summed E-state index contributed by atoms with van der Waals surface area (Å²) in [5.41, 5.74) is 0. The van der Waals surface area contributed by atoms with E-state index in [0.29, 0.717) is 51.5 Å². The Labute approximate surface area is 223 Å². The molecule has 38 heavy (non-hydrogen) atoms. The summed E-state index contributed by atoms with van der Waals surface area (Å²) in [6.45, 7) is 5.87. The minimum absolute atomic E-state index is 0.245. The van der Waals surface area contributed by atoms with E-state index in [4.69, 9.17) is 42.6 Å². The van der Waals surface area contributed by atoms with Gasteiger partial charge in [0, 0.05) is 19.8 Å². The molecule has 12 nitrogen and oxygen atoms in total. The third kappa shape index (κ3) is 12.0. The topological polar surface area (TPSA) is 134 Å². The minimum Gasteiger partial charge on any atom is -0.430 e. The van der Waals surface area contributed by atoms with Gasteiger partial charge in [0.05, 0.1) is 19.8 Å². The van der Waals surface area contributed by atoms with Crippen LogP contribution in [0.5, 0.6) is 0 Å². The van der Waals surface area contributed by atoms with Crippen molar-refractivity contribution in [3.05, 3.63) is 0 Å². The number of rotatable bonds is 21. The van der Waals surface area contributed by atoms with E-state index in [9.17, 15) is 14.4 Å². The molecular formula is C26H42O12. The lowest BCUT2D eigenvalue weighted by Gasteiger charge is -2.23. The van der Waals surface area contributed by atoms with Gasteiger partial charge in [0.25, 0.3) is 0 Å². The highest BCUT2D eigenvalue weighted by molar-refractivity contribution is 5.62. The lowest BCUT2D eigenvalue weighted by atomic mass is 9.84. The van der Waals surface area contributed by atoms with Crippen LogP contribution in [0, 0.1) is 11.8 Å². The zero-order valence-corrected chi connectivity index (χ0v) is 22.3. The number of carbonyl (C=O) groups is 3. The summed E-state index contributed by atoms with van der Waals surface area (Å²) in [5.74, 6) is 1.12. The third-order valence-corrected chi connectivity index (χ3v) is 6.81. The number of carbonyl (C=O) groups excluding carboxylic acids is 3. The van der Waals surface area contributed by atoms with E-state index in [1.807, 2.05) is 0 Å². The zero-order valence-electron chi connectivity index (χ0n) is 22.3. The summed E-state index contributed by atoms with van der Waals surface area (Å²) in [5, 5.41) is 0. The van der Waals surface area contributed by atoms with Crippen molar-refractivity contribution in [2.75, 3.05) is 59.5 Å². The smallest absolute Gasteiger partial charge is 0.430 e. The summed E-state index contributed by atoms with van der Waals surface area (Å²) >= 11 is 0. The zero-order chi connectivity index (χ0) is 27.0. The van der Waals surface area contributed by atoms with Crippen LogP contribution in [0.4, 0.5) is 14.4 Å². The Morgan fingerprint density at radius 1 is 0.632 bits per heavy atom. The molecule has 3 aliphatic heterocycles. The van der Waals surface area contributed by atoms with Crippen LogP contribution in [0.1, 0.15) is 58.3 Å². The van der Waals surface area contributed by atoms with Crippen LogP contribution in [-0.4, -0.2) is 96.2 Å². The maximum Gasteiger partial charge on any atom is 0.508 e. The molecule has 3 heterocycles. The van der Waals surface area contributed by atoms with Crippen molar-refractivity contribution in [1.82, 2.24) is 0 Å². The van der Waals surface area contributed by atoms with E-state index in [0.717, 1.165) is 51.4 Å². The predicted molar refractivity (Wildman–Crippen MR) is 131 cm³/mol. The fourth-order valence-corrected chi connectivity index (χ4v) is 4.75. The Morgan fingerprint density at radius 2 is 1.00 bits per heavy atom. The average molecular weight is 547 g/mol. The van der Waals surface area contributed by atoms with Crippen molar-refractivity contribution in [2.24, 2.45) is 11.8 Å². The standard InChI is InChI=1S/C26H42O12/c1-2-19(6-3-9-30-13-21-16-33-24(27)36-21)12-20(7-4-10-31-14-22-17-34-25(28)37-22)8-5-11-32-15-23-18-35-26(29)38-23/h19-23H,2-18H2,1H3. The third-order valence-electron chi connectivity index (χ3n) is 6.81.